The van der Waals surface area contributed by atoms with Crippen LogP contribution in [-0.4, -0.2) is 18.4 Å². The molecule has 164 valence electrons. The average Bonchev–Trinajstić information content (AvgIpc) is 3.36. The fourth-order valence-corrected chi connectivity index (χ4v) is 3.66. The van der Waals surface area contributed by atoms with E-state index in [0.29, 0.717) is 33.9 Å². The largest absolute Gasteiger partial charge is 0.494 e. The summed E-state index contributed by atoms with van der Waals surface area (Å²) in [5.41, 5.74) is 1.72. The van der Waals surface area contributed by atoms with Gasteiger partial charge < -0.3 is 18.6 Å². The smallest absolute Gasteiger partial charge is 0.379 e. The van der Waals surface area contributed by atoms with E-state index in [1.807, 2.05) is 31.2 Å². The molecule has 1 aromatic heterocycles. The summed E-state index contributed by atoms with van der Waals surface area (Å²) in [6.07, 6.45) is 1.66. The average molecular weight is 461 g/mol. The normalized spacial score (nSPS) is 13.8. The number of fused-ring (bicyclic) bond motifs is 2. The highest BCUT2D eigenvalue weighted by molar-refractivity contribution is 6.31. The van der Waals surface area contributed by atoms with Gasteiger partial charge in [0, 0.05) is 16.5 Å². The van der Waals surface area contributed by atoms with Crippen molar-refractivity contribution >= 4 is 40.4 Å². The summed E-state index contributed by atoms with van der Waals surface area (Å²) in [4.78, 5) is 25.2. The number of halogens is 1. The Hall–Kier alpha value is -4.03. The lowest BCUT2D eigenvalue weighted by molar-refractivity contribution is 0.0703. The number of benzene rings is 3. The van der Waals surface area contributed by atoms with Crippen LogP contribution in [0.1, 0.15) is 33.4 Å². The van der Waals surface area contributed by atoms with Crippen molar-refractivity contribution in [3.63, 3.8) is 0 Å². The van der Waals surface area contributed by atoms with E-state index in [1.54, 1.807) is 36.4 Å². The molecular weight excluding hydrogens is 444 g/mol. The van der Waals surface area contributed by atoms with E-state index in [4.69, 9.17) is 30.2 Å². The molecule has 1 aliphatic heterocycles. The van der Waals surface area contributed by atoms with Crippen molar-refractivity contribution in [1.29, 1.82) is 0 Å². The zero-order chi connectivity index (χ0) is 22.9. The van der Waals surface area contributed by atoms with Crippen LogP contribution in [0, 0.1) is 0 Å². The van der Waals surface area contributed by atoms with Gasteiger partial charge in [-0.2, -0.15) is 0 Å². The first-order chi connectivity index (χ1) is 16.0. The highest BCUT2D eigenvalue weighted by Crippen LogP contribution is 2.35. The van der Waals surface area contributed by atoms with Crippen LogP contribution >= 0.6 is 11.6 Å². The topological polar surface area (TPSA) is 75.0 Å². The second kappa shape index (κ2) is 8.48. The van der Waals surface area contributed by atoms with E-state index in [2.05, 4.69) is 0 Å². The van der Waals surface area contributed by atoms with Gasteiger partial charge in [0.05, 0.1) is 12.2 Å². The monoisotopic (exact) mass is 460 g/mol. The number of hydrogen-bond acceptors (Lipinski definition) is 6. The van der Waals surface area contributed by atoms with Crippen LogP contribution in [-0.2, 0) is 0 Å². The Morgan fingerprint density at radius 1 is 1.00 bits per heavy atom. The summed E-state index contributed by atoms with van der Waals surface area (Å²) >= 11 is 5.98. The van der Waals surface area contributed by atoms with Gasteiger partial charge in [-0.3, -0.25) is 4.79 Å². The van der Waals surface area contributed by atoms with Gasteiger partial charge in [0.15, 0.2) is 5.76 Å². The van der Waals surface area contributed by atoms with Gasteiger partial charge in [-0.05, 0) is 67.1 Å². The third-order valence-electron chi connectivity index (χ3n) is 5.02. The highest BCUT2D eigenvalue weighted by atomic mass is 35.5. The van der Waals surface area contributed by atoms with E-state index in [1.165, 1.54) is 12.1 Å². The molecule has 0 fully saturated rings. The van der Waals surface area contributed by atoms with Gasteiger partial charge in [-0.15, -0.1) is 0 Å². The summed E-state index contributed by atoms with van der Waals surface area (Å²) in [5.74, 6) is 0.613. The number of hydrogen-bond donors (Lipinski definition) is 0. The molecule has 4 aromatic rings. The molecule has 0 saturated carbocycles. The lowest BCUT2D eigenvalue weighted by atomic mass is 10.1. The second-order valence-corrected chi connectivity index (χ2v) is 7.72. The summed E-state index contributed by atoms with van der Waals surface area (Å²) in [6, 6.07) is 18.6. The van der Waals surface area contributed by atoms with Crippen molar-refractivity contribution in [3.8, 4) is 17.2 Å². The molecule has 6 nitrogen and oxygen atoms in total. The van der Waals surface area contributed by atoms with Gasteiger partial charge in [-0.1, -0.05) is 23.7 Å². The quantitative estimate of drug-likeness (QED) is 0.197. The van der Waals surface area contributed by atoms with Crippen LogP contribution in [0.4, 0.5) is 0 Å². The minimum atomic E-state index is -0.670. The molecule has 0 spiro atoms. The first-order valence-electron chi connectivity index (χ1n) is 10.2. The standard InChI is InChI=1S/C26H17ClO6/c1-2-30-18-6-3-15(4-7-18)11-23-25(28)20-9-8-19(14-22(20)33-23)31-26(29)24-13-16-12-17(27)5-10-21(16)32-24/h3-14H,2H2,1H3/b23-11-. The van der Waals surface area contributed by atoms with Crippen molar-refractivity contribution in [3.05, 3.63) is 94.4 Å². The van der Waals surface area contributed by atoms with Crippen LogP contribution in [0.5, 0.6) is 17.2 Å². The second-order valence-electron chi connectivity index (χ2n) is 7.28. The minimum absolute atomic E-state index is 0.0424. The molecule has 0 amide bonds. The number of ketones is 1. The van der Waals surface area contributed by atoms with E-state index < -0.39 is 5.97 Å². The zero-order valence-corrected chi connectivity index (χ0v) is 18.2. The van der Waals surface area contributed by atoms with Crippen LogP contribution in [0.15, 0.2) is 76.9 Å². The number of carbonyl (C=O) groups excluding carboxylic acids is 2. The Kier molecular flexibility index (Phi) is 5.36. The number of rotatable bonds is 5. The third kappa shape index (κ3) is 4.21. The Bertz CT molecular complexity index is 1410. The molecule has 1 aliphatic rings. The predicted molar refractivity (Wildman–Crippen MR) is 123 cm³/mol. The maximum Gasteiger partial charge on any atom is 0.379 e. The summed E-state index contributed by atoms with van der Waals surface area (Å²) in [7, 11) is 0. The summed E-state index contributed by atoms with van der Waals surface area (Å²) in [6.45, 7) is 2.49. The number of ether oxygens (including phenoxy) is 3. The van der Waals surface area contributed by atoms with Crippen molar-refractivity contribution in [2.24, 2.45) is 0 Å². The molecule has 0 unspecified atom stereocenters. The van der Waals surface area contributed by atoms with Crippen LogP contribution in [0.2, 0.25) is 5.02 Å². The van der Waals surface area contributed by atoms with Gasteiger partial charge in [0.1, 0.15) is 22.8 Å². The molecule has 0 bridgehead atoms. The van der Waals surface area contributed by atoms with Crippen molar-refractivity contribution in [2.45, 2.75) is 6.92 Å². The first kappa shape index (κ1) is 20.8. The molecule has 0 atom stereocenters. The Balaban J connectivity index is 1.33. The molecule has 0 saturated heterocycles. The fourth-order valence-electron chi connectivity index (χ4n) is 3.48. The van der Waals surface area contributed by atoms with Crippen molar-refractivity contribution in [1.82, 2.24) is 0 Å². The Labute approximate surface area is 193 Å². The number of Topliss-reactive ketones (excluding diaryl/α,β-unsaturated/α-hetero) is 1. The molecule has 5 rings (SSSR count). The molecule has 3 aromatic carbocycles. The van der Waals surface area contributed by atoms with E-state index in [9.17, 15) is 9.59 Å². The van der Waals surface area contributed by atoms with Gasteiger partial charge in [0.2, 0.25) is 11.5 Å². The number of furan rings is 1. The third-order valence-corrected chi connectivity index (χ3v) is 5.26. The number of esters is 1. The number of allylic oxidation sites excluding steroid dienone is 1. The minimum Gasteiger partial charge on any atom is -0.494 e. The highest BCUT2D eigenvalue weighted by Gasteiger charge is 2.28. The Morgan fingerprint density at radius 3 is 2.58 bits per heavy atom. The molecule has 33 heavy (non-hydrogen) atoms. The van der Waals surface area contributed by atoms with Crippen LogP contribution in [0.25, 0.3) is 17.0 Å². The summed E-state index contributed by atoms with van der Waals surface area (Å²) in [5, 5.41) is 1.24. The van der Waals surface area contributed by atoms with Gasteiger partial charge in [0.25, 0.3) is 0 Å². The lowest BCUT2D eigenvalue weighted by Crippen LogP contribution is -2.07. The number of carbonyl (C=O) groups is 2. The Morgan fingerprint density at radius 2 is 1.79 bits per heavy atom. The van der Waals surface area contributed by atoms with E-state index in [0.717, 1.165) is 11.3 Å². The molecule has 2 heterocycles. The van der Waals surface area contributed by atoms with E-state index >= 15 is 0 Å². The molecule has 0 N–H and O–H groups in total. The fraction of sp³-hybridized carbons (Fsp3) is 0.0769. The zero-order valence-electron chi connectivity index (χ0n) is 17.5. The SMILES string of the molecule is CCOc1ccc(/C=C2\Oc3cc(OC(=O)c4cc5cc(Cl)ccc5o4)ccc3C2=O)cc1. The molecular formula is C26H17ClO6. The maximum atomic E-state index is 12.7. The molecule has 7 heteroatoms. The first-order valence-corrected chi connectivity index (χ1v) is 10.6. The van der Waals surface area contributed by atoms with E-state index in [-0.39, 0.29) is 23.1 Å². The lowest BCUT2D eigenvalue weighted by Gasteiger charge is -2.04. The summed E-state index contributed by atoms with van der Waals surface area (Å²) < 4.78 is 22.1. The van der Waals surface area contributed by atoms with Crippen LogP contribution in [0.3, 0.4) is 0 Å². The maximum absolute atomic E-state index is 12.7. The van der Waals surface area contributed by atoms with Crippen molar-refractivity contribution < 1.29 is 28.2 Å². The predicted octanol–water partition coefficient (Wildman–Crippen LogP) is 6.32. The van der Waals surface area contributed by atoms with Crippen LogP contribution < -0.4 is 14.2 Å². The van der Waals surface area contributed by atoms with Gasteiger partial charge in [-0.25, -0.2) is 4.79 Å². The van der Waals surface area contributed by atoms with Gasteiger partial charge >= 0.3 is 5.97 Å². The van der Waals surface area contributed by atoms with Crippen molar-refractivity contribution in [2.75, 3.05) is 6.61 Å². The molecule has 0 aliphatic carbocycles. The molecule has 0 radical (unpaired) electrons.